The minimum Gasteiger partial charge on any atom is -0.423 e. The molecule has 5 nitrogen and oxygen atoms in total. The van der Waals surface area contributed by atoms with Crippen LogP contribution in [-0.4, -0.2) is 17.8 Å². The van der Waals surface area contributed by atoms with Crippen molar-refractivity contribution < 1.29 is 23.5 Å². The SMILES string of the molecule is O=C1OC(c2ccc(Cl)cc2)=N/C1=C\c1cccc(OC(=O)c2ccccc2F)c1. The Hall–Kier alpha value is -3.77. The molecule has 0 radical (unpaired) electrons. The molecule has 148 valence electrons. The van der Waals surface area contributed by atoms with Gasteiger partial charge in [-0.3, -0.25) is 0 Å². The van der Waals surface area contributed by atoms with Crippen LogP contribution in [0.3, 0.4) is 0 Å². The second-order valence-electron chi connectivity index (χ2n) is 6.28. The smallest absolute Gasteiger partial charge is 0.363 e. The number of hydrogen-bond acceptors (Lipinski definition) is 5. The Morgan fingerprint density at radius 1 is 1.03 bits per heavy atom. The fraction of sp³-hybridized carbons (Fsp3) is 0. The average molecular weight is 422 g/mol. The third kappa shape index (κ3) is 4.29. The predicted molar refractivity (Wildman–Crippen MR) is 110 cm³/mol. The second kappa shape index (κ2) is 8.31. The Morgan fingerprint density at radius 2 is 1.80 bits per heavy atom. The number of ether oxygens (including phenoxy) is 2. The van der Waals surface area contributed by atoms with Crippen molar-refractivity contribution in [3.8, 4) is 5.75 Å². The van der Waals surface area contributed by atoms with E-state index in [4.69, 9.17) is 21.1 Å². The Balaban J connectivity index is 1.56. The summed E-state index contributed by atoms with van der Waals surface area (Å²) in [6, 6.07) is 18.7. The lowest BCUT2D eigenvalue weighted by atomic mass is 10.2. The first-order valence-electron chi connectivity index (χ1n) is 8.85. The number of esters is 2. The molecule has 1 aliphatic rings. The van der Waals surface area contributed by atoms with Gasteiger partial charge in [0.05, 0.1) is 5.56 Å². The first kappa shape index (κ1) is 19.5. The molecule has 0 saturated heterocycles. The third-order valence-electron chi connectivity index (χ3n) is 4.18. The first-order chi connectivity index (χ1) is 14.5. The van der Waals surface area contributed by atoms with Crippen molar-refractivity contribution in [1.82, 2.24) is 0 Å². The molecule has 3 aromatic rings. The van der Waals surface area contributed by atoms with Crippen LogP contribution >= 0.6 is 11.6 Å². The number of carbonyl (C=O) groups is 2. The van der Waals surface area contributed by atoms with E-state index < -0.39 is 17.8 Å². The minimum absolute atomic E-state index is 0.0949. The maximum atomic E-state index is 13.8. The van der Waals surface area contributed by atoms with Crippen LogP contribution in [0.4, 0.5) is 4.39 Å². The molecule has 0 bridgehead atoms. The molecule has 0 atom stereocenters. The zero-order valence-corrected chi connectivity index (χ0v) is 16.1. The molecule has 0 N–H and O–H groups in total. The van der Waals surface area contributed by atoms with E-state index in [1.165, 1.54) is 30.3 Å². The Bertz CT molecular complexity index is 1200. The maximum absolute atomic E-state index is 13.8. The first-order valence-corrected chi connectivity index (χ1v) is 9.23. The van der Waals surface area contributed by atoms with Crippen molar-refractivity contribution in [3.63, 3.8) is 0 Å². The number of halogens is 2. The molecule has 7 heteroatoms. The zero-order chi connectivity index (χ0) is 21.1. The summed E-state index contributed by atoms with van der Waals surface area (Å²) in [5, 5.41) is 0.557. The molecular weight excluding hydrogens is 409 g/mol. The van der Waals surface area contributed by atoms with Crippen LogP contribution in [0, 0.1) is 5.82 Å². The summed E-state index contributed by atoms with van der Waals surface area (Å²) in [5.74, 6) is -1.72. The van der Waals surface area contributed by atoms with Gasteiger partial charge in [0.25, 0.3) is 0 Å². The van der Waals surface area contributed by atoms with E-state index in [9.17, 15) is 14.0 Å². The highest BCUT2D eigenvalue weighted by Gasteiger charge is 2.24. The lowest BCUT2D eigenvalue weighted by Gasteiger charge is -2.06. The van der Waals surface area contributed by atoms with E-state index in [1.807, 2.05) is 0 Å². The molecule has 30 heavy (non-hydrogen) atoms. The van der Waals surface area contributed by atoms with E-state index in [0.717, 1.165) is 0 Å². The van der Waals surface area contributed by atoms with Gasteiger partial charge in [-0.15, -0.1) is 0 Å². The molecule has 0 amide bonds. The Kier molecular flexibility index (Phi) is 5.41. The Morgan fingerprint density at radius 3 is 2.57 bits per heavy atom. The van der Waals surface area contributed by atoms with Crippen molar-refractivity contribution in [3.05, 3.63) is 106 Å². The zero-order valence-electron chi connectivity index (χ0n) is 15.3. The summed E-state index contributed by atoms with van der Waals surface area (Å²) >= 11 is 5.87. The molecule has 0 saturated carbocycles. The van der Waals surface area contributed by atoms with Crippen LogP contribution in [0.2, 0.25) is 5.02 Å². The summed E-state index contributed by atoms with van der Waals surface area (Å²) < 4.78 is 24.2. The molecular formula is C23H13ClFNO4. The summed E-state index contributed by atoms with van der Waals surface area (Å²) in [6.45, 7) is 0. The van der Waals surface area contributed by atoms with E-state index in [2.05, 4.69) is 4.99 Å². The van der Waals surface area contributed by atoms with Crippen LogP contribution in [0.5, 0.6) is 5.75 Å². The number of carbonyl (C=O) groups excluding carboxylic acids is 2. The topological polar surface area (TPSA) is 65.0 Å². The van der Waals surface area contributed by atoms with Gasteiger partial charge in [-0.2, -0.15) is 0 Å². The lowest BCUT2D eigenvalue weighted by molar-refractivity contribution is -0.129. The number of rotatable bonds is 4. The van der Waals surface area contributed by atoms with Gasteiger partial charge in [0.2, 0.25) is 5.90 Å². The molecule has 0 unspecified atom stereocenters. The standard InChI is InChI=1S/C23H13ClFNO4/c24-16-10-8-15(9-11-16)21-26-20(23(28)30-21)13-14-4-3-5-17(12-14)29-22(27)18-6-1-2-7-19(18)25/h1-13H/b20-13-. The quantitative estimate of drug-likeness (QED) is 0.336. The molecule has 0 aromatic heterocycles. The van der Waals surface area contributed by atoms with Crippen LogP contribution in [-0.2, 0) is 9.53 Å². The Labute approximate surface area is 176 Å². The monoisotopic (exact) mass is 421 g/mol. The fourth-order valence-electron chi connectivity index (χ4n) is 2.74. The number of aliphatic imine (C=N–C) groups is 1. The molecule has 4 rings (SSSR count). The second-order valence-corrected chi connectivity index (χ2v) is 6.72. The number of nitrogens with zero attached hydrogens (tertiary/aromatic N) is 1. The van der Waals surface area contributed by atoms with Crippen LogP contribution in [0.15, 0.2) is 83.5 Å². The molecule has 0 spiro atoms. The number of hydrogen-bond donors (Lipinski definition) is 0. The van der Waals surface area contributed by atoms with Gasteiger partial charge >= 0.3 is 11.9 Å². The maximum Gasteiger partial charge on any atom is 0.363 e. The van der Waals surface area contributed by atoms with Crippen molar-refractivity contribution in [2.45, 2.75) is 0 Å². The van der Waals surface area contributed by atoms with Crippen molar-refractivity contribution in [2.75, 3.05) is 0 Å². The predicted octanol–water partition coefficient (Wildman–Crippen LogP) is 5.04. The van der Waals surface area contributed by atoms with Crippen molar-refractivity contribution in [2.24, 2.45) is 4.99 Å². The third-order valence-corrected chi connectivity index (χ3v) is 4.43. The average Bonchev–Trinajstić information content (AvgIpc) is 3.09. The summed E-state index contributed by atoms with van der Waals surface area (Å²) in [4.78, 5) is 28.6. The summed E-state index contributed by atoms with van der Waals surface area (Å²) in [6.07, 6.45) is 1.51. The highest BCUT2D eigenvalue weighted by atomic mass is 35.5. The minimum atomic E-state index is -0.818. The van der Waals surface area contributed by atoms with Gasteiger partial charge in [-0.25, -0.2) is 19.0 Å². The van der Waals surface area contributed by atoms with Crippen molar-refractivity contribution in [1.29, 1.82) is 0 Å². The number of cyclic esters (lactones) is 1. The van der Waals surface area contributed by atoms with Crippen LogP contribution in [0.1, 0.15) is 21.5 Å². The highest BCUT2D eigenvalue weighted by Crippen LogP contribution is 2.23. The lowest BCUT2D eigenvalue weighted by Crippen LogP contribution is -2.10. The van der Waals surface area contributed by atoms with Gasteiger partial charge in [0.15, 0.2) is 5.70 Å². The largest absolute Gasteiger partial charge is 0.423 e. The molecule has 1 heterocycles. The van der Waals surface area contributed by atoms with Gasteiger partial charge in [-0.05, 0) is 60.2 Å². The van der Waals surface area contributed by atoms with E-state index in [1.54, 1.807) is 48.5 Å². The summed E-state index contributed by atoms with van der Waals surface area (Å²) in [5.41, 5.74) is 1.10. The highest BCUT2D eigenvalue weighted by molar-refractivity contribution is 6.30. The number of benzene rings is 3. The fourth-order valence-corrected chi connectivity index (χ4v) is 2.87. The van der Waals surface area contributed by atoms with Crippen LogP contribution < -0.4 is 4.74 Å². The van der Waals surface area contributed by atoms with Gasteiger partial charge in [0.1, 0.15) is 11.6 Å². The van der Waals surface area contributed by atoms with Crippen molar-refractivity contribution >= 4 is 35.5 Å². The normalized spacial score (nSPS) is 14.4. The van der Waals surface area contributed by atoms with E-state index in [0.29, 0.717) is 16.1 Å². The van der Waals surface area contributed by atoms with Gasteiger partial charge in [0, 0.05) is 10.6 Å². The van der Waals surface area contributed by atoms with Gasteiger partial charge < -0.3 is 9.47 Å². The van der Waals surface area contributed by atoms with Gasteiger partial charge in [-0.1, -0.05) is 35.9 Å². The van der Waals surface area contributed by atoms with E-state index in [-0.39, 0.29) is 22.9 Å². The molecule has 0 fully saturated rings. The molecule has 3 aromatic carbocycles. The molecule has 0 aliphatic carbocycles. The summed E-state index contributed by atoms with van der Waals surface area (Å²) in [7, 11) is 0. The molecule has 1 aliphatic heterocycles. The van der Waals surface area contributed by atoms with E-state index >= 15 is 0 Å². The van der Waals surface area contributed by atoms with Crippen LogP contribution in [0.25, 0.3) is 6.08 Å².